The molecule has 1 atom stereocenters. The Morgan fingerprint density at radius 1 is 1.17 bits per heavy atom. The van der Waals surface area contributed by atoms with Crippen molar-refractivity contribution in [2.75, 3.05) is 0 Å². The Bertz CT molecular complexity index is 1060. The van der Waals surface area contributed by atoms with Gasteiger partial charge in [-0.2, -0.15) is 5.10 Å². The number of aromatic nitrogens is 1. The second-order valence-electron chi connectivity index (χ2n) is 6.93. The molecule has 4 nitrogen and oxygen atoms in total. The average Bonchev–Trinajstić information content (AvgIpc) is 3.01. The van der Waals surface area contributed by atoms with Crippen LogP contribution in [0.3, 0.4) is 0 Å². The van der Waals surface area contributed by atoms with Crippen LogP contribution in [-0.2, 0) is 10.5 Å². The van der Waals surface area contributed by atoms with Crippen LogP contribution >= 0.6 is 35.0 Å². The minimum Gasteiger partial charge on any atom is -0.316 e. The quantitative estimate of drug-likeness (QED) is 0.338. The van der Waals surface area contributed by atoms with E-state index in [9.17, 15) is 4.79 Å². The van der Waals surface area contributed by atoms with Gasteiger partial charge in [-0.1, -0.05) is 53.5 Å². The first-order valence-electron chi connectivity index (χ1n) is 9.49. The van der Waals surface area contributed by atoms with Gasteiger partial charge in [0, 0.05) is 27.7 Å². The highest BCUT2D eigenvalue weighted by Gasteiger charge is 2.14. The summed E-state index contributed by atoms with van der Waals surface area (Å²) in [5.74, 6) is 0.652. The SMILES string of the molecule is Cc1cc(/C=N\NC(=O)[C@@H](C)SCc2ccccc2)c(C)n1-c1cc(Cl)ccc1Cl. The molecule has 0 aliphatic heterocycles. The Morgan fingerprint density at radius 2 is 1.90 bits per heavy atom. The first-order chi connectivity index (χ1) is 14.4. The summed E-state index contributed by atoms with van der Waals surface area (Å²) in [6, 6.07) is 17.5. The third-order valence-corrected chi connectivity index (χ3v) is 6.48. The van der Waals surface area contributed by atoms with Crippen molar-refractivity contribution in [1.82, 2.24) is 9.99 Å². The van der Waals surface area contributed by atoms with E-state index < -0.39 is 0 Å². The van der Waals surface area contributed by atoms with Gasteiger partial charge in [-0.25, -0.2) is 5.43 Å². The Balaban J connectivity index is 1.65. The molecule has 1 amide bonds. The van der Waals surface area contributed by atoms with E-state index in [2.05, 4.69) is 22.7 Å². The molecule has 30 heavy (non-hydrogen) atoms. The summed E-state index contributed by atoms with van der Waals surface area (Å²) >= 11 is 14.1. The Morgan fingerprint density at radius 3 is 2.63 bits per heavy atom. The third-order valence-electron chi connectivity index (χ3n) is 4.71. The zero-order valence-electron chi connectivity index (χ0n) is 17.0. The fourth-order valence-corrected chi connectivity index (χ4v) is 4.28. The molecule has 0 saturated heterocycles. The monoisotopic (exact) mass is 459 g/mol. The summed E-state index contributed by atoms with van der Waals surface area (Å²) in [4.78, 5) is 12.3. The predicted molar refractivity (Wildman–Crippen MR) is 128 cm³/mol. The molecule has 1 aromatic heterocycles. The molecular formula is C23H23Cl2N3OS. The van der Waals surface area contributed by atoms with Crippen LogP contribution < -0.4 is 5.43 Å². The Hall–Kier alpha value is -2.21. The molecule has 0 unspecified atom stereocenters. The summed E-state index contributed by atoms with van der Waals surface area (Å²) < 4.78 is 2.02. The third kappa shape index (κ3) is 5.48. The van der Waals surface area contributed by atoms with Crippen LogP contribution in [0.1, 0.15) is 29.4 Å². The fraction of sp³-hybridized carbons (Fsp3) is 0.217. The van der Waals surface area contributed by atoms with Crippen molar-refractivity contribution in [2.24, 2.45) is 5.10 Å². The number of hydrogen-bond acceptors (Lipinski definition) is 3. The van der Waals surface area contributed by atoms with E-state index in [1.54, 1.807) is 30.1 Å². The van der Waals surface area contributed by atoms with Gasteiger partial charge in [-0.3, -0.25) is 4.79 Å². The van der Waals surface area contributed by atoms with Crippen LogP contribution in [0.15, 0.2) is 59.7 Å². The first kappa shape index (κ1) is 22.5. The summed E-state index contributed by atoms with van der Waals surface area (Å²) in [6.45, 7) is 5.85. The second kappa shape index (κ2) is 10.2. The molecule has 3 aromatic rings. The zero-order chi connectivity index (χ0) is 21.7. The topological polar surface area (TPSA) is 46.4 Å². The number of amides is 1. The van der Waals surface area contributed by atoms with Gasteiger partial charge >= 0.3 is 0 Å². The number of aryl methyl sites for hydroxylation is 1. The van der Waals surface area contributed by atoms with E-state index >= 15 is 0 Å². The first-order valence-corrected chi connectivity index (χ1v) is 11.3. The highest BCUT2D eigenvalue weighted by Crippen LogP contribution is 2.28. The van der Waals surface area contributed by atoms with E-state index in [0.717, 1.165) is 28.4 Å². The number of carbonyl (C=O) groups is 1. The van der Waals surface area contributed by atoms with Crippen LogP contribution in [0, 0.1) is 13.8 Å². The summed E-state index contributed by atoms with van der Waals surface area (Å²) in [6.07, 6.45) is 1.66. The van der Waals surface area contributed by atoms with Gasteiger partial charge in [0.15, 0.2) is 0 Å². The minimum absolute atomic E-state index is 0.126. The number of hydrazone groups is 1. The van der Waals surface area contributed by atoms with Crippen molar-refractivity contribution in [3.8, 4) is 5.69 Å². The normalized spacial score (nSPS) is 12.3. The number of carbonyl (C=O) groups excluding carboxylic acids is 1. The lowest BCUT2D eigenvalue weighted by Crippen LogP contribution is -2.27. The van der Waals surface area contributed by atoms with Gasteiger partial charge in [0.1, 0.15) is 0 Å². The lowest BCUT2D eigenvalue weighted by molar-refractivity contribution is -0.120. The molecular weight excluding hydrogens is 437 g/mol. The van der Waals surface area contributed by atoms with Crippen LogP contribution in [0.5, 0.6) is 0 Å². The smallest absolute Gasteiger partial charge is 0.252 e. The number of hydrogen-bond donors (Lipinski definition) is 1. The van der Waals surface area contributed by atoms with E-state index in [1.165, 1.54) is 5.56 Å². The van der Waals surface area contributed by atoms with Crippen molar-refractivity contribution < 1.29 is 4.79 Å². The number of thioether (sulfide) groups is 1. The minimum atomic E-state index is -0.208. The maximum atomic E-state index is 12.3. The molecule has 0 radical (unpaired) electrons. The molecule has 1 heterocycles. The van der Waals surface area contributed by atoms with Crippen molar-refractivity contribution in [2.45, 2.75) is 31.8 Å². The largest absolute Gasteiger partial charge is 0.316 e. The average molecular weight is 460 g/mol. The molecule has 1 N–H and O–H groups in total. The molecule has 0 saturated carbocycles. The number of nitrogens with one attached hydrogen (secondary N) is 1. The Labute approximate surface area is 191 Å². The molecule has 0 fully saturated rings. The predicted octanol–water partition coefficient (Wildman–Crippen LogP) is 6.17. The zero-order valence-corrected chi connectivity index (χ0v) is 19.4. The van der Waals surface area contributed by atoms with Gasteiger partial charge in [-0.15, -0.1) is 11.8 Å². The van der Waals surface area contributed by atoms with Gasteiger partial charge in [-0.05, 0) is 50.6 Å². The summed E-state index contributed by atoms with van der Waals surface area (Å²) in [5.41, 5.74) is 7.50. The van der Waals surface area contributed by atoms with E-state index in [0.29, 0.717) is 10.0 Å². The van der Waals surface area contributed by atoms with Gasteiger partial charge in [0.25, 0.3) is 5.91 Å². The number of rotatable bonds is 7. The van der Waals surface area contributed by atoms with E-state index in [1.807, 2.05) is 55.7 Å². The molecule has 2 aromatic carbocycles. The van der Waals surface area contributed by atoms with Crippen molar-refractivity contribution in [3.63, 3.8) is 0 Å². The number of nitrogens with zero attached hydrogens (tertiary/aromatic N) is 2. The number of benzene rings is 2. The molecule has 7 heteroatoms. The number of halogens is 2. The maximum absolute atomic E-state index is 12.3. The van der Waals surface area contributed by atoms with E-state index in [-0.39, 0.29) is 11.2 Å². The highest BCUT2D eigenvalue weighted by atomic mass is 35.5. The molecule has 0 aliphatic rings. The summed E-state index contributed by atoms with van der Waals surface area (Å²) in [7, 11) is 0. The van der Waals surface area contributed by atoms with Crippen LogP contribution in [0.25, 0.3) is 5.69 Å². The summed E-state index contributed by atoms with van der Waals surface area (Å²) in [5, 5.41) is 5.18. The lowest BCUT2D eigenvalue weighted by atomic mass is 10.2. The standard InChI is InChI=1S/C23H23Cl2N3OS/c1-15-11-19(16(2)28(15)22-12-20(24)9-10-21(22)25)13-26-27-23(29)17(3)30-14-18-7-5-4-6-8-18/h4-13,17H,14H2,1-3H3,(H,27,29)/b26-13-/t17-/m1/s1. The van der Waals surface area contributed by atoms with Crippen LogP contribution in [0.4, 0.5) is 0 Å². The van der Waals surface area contributed by atoms with E-state index in [4.69, 9.17) is 23.2 Å². The van der Waals surface area contributed by atoms with Gasteiger partial charge in [0.05, 0.1) is 22.2 Å². The van der Waals surface area contributed by atoms with Gasteiger partial charge < -0.3 is 4.57 Å². The molecule has 0 bridgehead atoms. The molecule has 0 aliphatic carbocycles. The Kier molecular flexibility index (Phi) is 7.64. The van der Waals surface area contributed by atoms with Crippen LogP contribution in [0.2, 0.25) is 10.0 Å². The highest BCUT2D eigenvalue weighted by molar-refractivity contribution is 7.99. The van der Waals surface area contributed by atoms with Crippen LogP contribution in [-0.4, -0.2) is 21.9 Å². The molecule has 156 valence electrons. The molecule has 0 spiro atoms. The fourth-order valence-electron chi connectivity index (χ4n) is 3.07. The second-order valence-corrected chi connectivity index (χ2v) is 9.10. The van der Waals surface area contributed by atoms with Crippen molar-refractivity contribution in [3.05, 3.63) is 87.2 Å². The lowest BCUT2D eigenvalue weighted by Gasteiger charge is -2.12. The maximum Gasteiger partial charge on any atom is 0.252 e. The van der Waals surface area contributed by atoms with Crippen molar-refractivity contribution >= 4 is 47.1 Å². The van der Waals surface area contributed by atoms with Crippen molar-refractivity contribution in [1.29, 1.82) is 0 Å². The molecule has 3 rings (SSSR count). The van der Waals surface area contributed by atoms with Gasteiger partial charge in [0.2, 0.25) is 0 Å².